The lowest BCUT2D eigenvalue weighted by Gasteiger charge is -2.27. The van der Waals surface area contributed by atoms with Gasteiger partial charge >= 0.3 is 0 Å². The van der Waals surface area contributed by atoms with Crippen molar-refractivity contribution in [1.82, 2.24) is 5.32 Å². The first-order valence-electron chi connectivity index (χ1n) is 7.85. The Labute approximate surface area is 125 Å². The van der Waals surface area contributed by atoms with Crippen LogP contribution in [0.4, 0.5) is 4.39 Å². The molecule has 2 fully saturated rings. The van der Waals surface area contributed by atoms with Crippen molar-refractivity contribution in [2.75, 3.05) is 6.54 Å². The topological polar surface area (TPSA) is 12.0 Å². The second-order valence-electron chi connectivity index (χ2n) is 6.45. The zero-order valence-electron chi connectivity index (χ0n) is 12.0. The fourth-order valence-electron chi connectivity index (χ4n) is 4.28. The van der Waals surface area contributed by atoms with E-state index < -0.39 is 0 Å². The highest BCUT2D eigenvalue weighted by Gasteiger charge is 2.40. The molecule has 1 N–H and O–H groups in total. The van der Waals surface area contributed by atoms with Crippen LogP contribution in [0.2, 0.25) is 5.02 Å². The van der Waals surface area contributed by atoms with E-state index in [1.807, 2.05) is 6.07 Å². The predicted molar refractivity (Wildman–Crippen MR) is 81.4 cm³/mol. The molecule has 1 nitrogen and oxygen atoms in total. The first-order chi connectivity index (χ1) is 9.67. The summed E-state index contributed by atoms with van der Waals surface area (Å²) < 4.78 is 13.3. The molecule has 0 aliphatic heterocycles. The normalized spacial score (nSPS) is 29.9. The largest absolute Gasteiger partial charge is 0.310 e. The Bertz CT molecular complexity index is 476. The van der Waals surface area contributed by atoms with Crippen LogP contribution >= 0.6 is 11.6 Å². The fourth-order valence-corrected chi connectivity index (χ4v) is 4.47. The Morgan fingerprint density at radius 2 is 2.20 bits per heavy atom. The number of halogens is 2. The van der Waals surface area contributed by atoms with E-state index in [9.17, 15) is 4.39 Å². The van der Waals surface area contributed by atoms with Gasteiger partial charge < -0.3 is 5.32 Å². The number of benzene rings is 1. The summed E-state index contributed by atoms with van der Waals surface area (Å²) in [6.45, 7) is 3.05. The molecule has 1 aromatic carbocycles. The van der Waals surface area contributed by atoms with Crippen LogP contribution in [0.5, 0.6) is 0 Å². The van der Waals surface area contributed by atoms with E-state index in [4.69, 9.17) is 11.6 Å². The maximum Gasteiger partial charge on any atom is 0.141 e. The summed E-state index contributed by atoms with van der Waals surface area (Å²) in [6, 6.07) is 5.46. The van der Waals surface area contributed by atoms with Crippen LogP contribution in [0.25, 0.3) is 0 Å². The van der Waals surface area contributed by atoms with Gasteiger partial charge in [0.15, 0.2) is 0 Å². The van der Waals surface area contributed by atoms with Crippen molar-refractivity contribution in [3.05, 3.63) is 34.6 Å². The minimum Gasteiger partial charge on any atom is -0.310 e. The van der Waals surface area contributed by atoms with E-state index in [0.29, 0.717) is 6.04 Å². The average molecular weight is 296 g/mol. The Morgan fingerprint density at radius 1 is 1.35 bits per heavy atom. The SMILES string of the molecule is CCNC(CC1CC2CCC1C2)c1ccc(F)c(Cl)c1. The molecule has 0 heterocycles. The molecule has 1 aromatic rings. The van der Waals surface area contributed by atoms with Crippen molar-refractivity contribution >= 4 is 11.6 Å². The van der Waals surface area contributed by atoms with Gasteiger partial charge in [-0.3, -0.25) is 0 Å². The molecule has 4 unspecified atom stereocenters. The number of fused-ring (bicyclic) bond motifs is 2. The summed E-state index contributed by atoms with van der Waals surface area (Å²) in [4.78, 5) is 0. The Morgan fingerprint density at radius 3 is 2.80 bits per heavy atom. The summed E-state index contributed by atoms with van der Waals surface area (Å²) in [6.07, 6.45) is 6.85. The Kier molecular flexibility index (Phi) is 4.32. The number of nitrogens with one attached hydrogen (secondary N) is 1. The molecule has 0 aromatic heterocycles. The summed E-state index contributed by atoms with van der Waals surface area (Å²) in [7, 11) is 0. The smallest absolute Gasteiger partial charge is 0.141 e. The molecule has 2 saturated carbocycles. The maximum atomic E-state index is 13.3. The lowest BCUT2D eigenvalue weighted by atomic mass is 9.82. The van der Waals surface area contributed by atoms with Crippen LogP contribution in [0, 0.1) is 23.6 Å². The lowest BCUT2D eigenvalue weighted by molar-refractivity contribution is 0.280. The van der Waals surface area contributed by atoms with Crippen LogP contribution in [-0.2, 0) is 0 Å². The second kappa shape index (κ2) is 6.03. The monoisotopic (exact) mass is 295 g/mol. The first-order valence-corrected chi connectivity index (χ1v) is 8.23. The predicted octanol–water partition coefficient (Wildman–Crippen LogP) is 4.96. The van der Waals surface area contributed by atoms with E-state index in [-0.39, 0.29) is 10.8 Å². The highest BCUT2D eigenvalue weighted by Crippen LogP contribution is 2.51. The molecule has 2 aliphatic rings. The molecule has 4 atom stereocenters. The number of hydrogen-bond acceptors (Lipinski definition) is 1. The molecule has 0 radical (unpaired) electrons. The molecule has 0 amide bonds. The van der Waals surface area contributed by atoms with Crippen molar-refractivity contribution < 1.29 is 4.39 Å². The van der Waals surface area contributed by atoms with Gasteiger partial charge in [-0.15, -0.1) is 0 Å². The minimum absolute atomic E-state index is 0.235. The van der Waals surface area contributed by atoms with Gasteiger partial charge in [-0.25, -0.2) is 4.39 Å². The molecular weight excluding hydrogens is 273 g/mol. The Hall–Kier alpha value is -0.600. The second-order valence-corrected chi connectivity index (χ2v) is 6.86. The van der Waals surface area contributed by atoms with Crippen molar-refractivity contribution in [3.63, 3.8) is 0 Å². The third-order valence-electron chi connectivity index (χ3n) is 5.22. The summed E-state index contributed by atoms with van der Waals surface area (Å²) in [5, 5.41) is 3.79. The van der Waals surface area contributed by atoms with Gasteiger partial charge in [-0.1, -0.05) is 31.0 Å². The highest BCUT2D eigenvalue weighted by atomic mass is 35.5. The lowest BCUT2D eigenvalue weighted by Crippen LogP contribution is -2.25. The molecule has 20 heavy (non-hydrogen) atoms. The summed E-state index contributed by atoms with van der Waals surface area (Å²) >= 11 is 5.93. The number of hydrogen-bond donors (Lipinski definition) is 1. The molecule has 3 heteroatoms. The van der Waals surface area contributed by atoms with Gasteiger partial charge in [0.2, 0.25) is 0 Å². The standard InChI is InChI=1S/C17H23ClFN/c1-2-20-17(13-5-6-16(19)15(18)9-13)10-14-8-11-3-4-12(14)7-11/h5-6,9,11-12,14,17,20H,2-4,7-8,10H2,1H3. The summed E-state index contributed by atoms with van der Waals surface area (Å²) in [5.41, 5.74) is 1.13. The Balaban J connectivity index is 1.73. The number of rotatable bonds is 5. The van der Waals surface area contributed by atoms with E-state index in [1.165, 1.54) is 31.7 Å². The molecule has 2 bridgehead atoms. The average Bonchev–Trinajstić information content (AvgIpc) is 3.04. The van der Waals surface area contributed by atoms with Crippen LogP contribution in [-0.4, -0.2) is 6.54 Å². The molecule has 110 valence electrons. The van der Waals surface area contributed by atoms with E-state index >= 15 is 0 Å². The van der Waals surface area contributed by atoms with Crippen molar-refractivity contribution in [1.29, 1.82) is 0 Å². The van der Waals surface area contributed by atoms with Gasteiger partial charge in [0, 0.05) is 6.04 Å². The third-order valence-corrected chi connectivity index (χ3v) is 5.51. The molecule has 2 aliphatic carbocycles. The van der Waals surface area contributed by atoms with Gasteiger partial charge in [0.25, 0.3) is 0 Å². The zero-order valence-corrected chi connectivity index (χ0v) is 12.8. The molecule has 0 spiro atoms. The quantitative estimate of drug-likeness (QED) is 0.810. The van der Waals surface area contributed by atoms with E-state index in [1.54, 1.807) is 6.07 Å². The van der Waals surface area contributed by atoms with Gasteiger partial charge in [0.1, 0.15) is 5.82 Å². The fraction of sp³-hybridized carbons (Fsp3) is 0.647. The van der Waals surface area contributed by atoms with Crippen molar-refractivity contribution in [2.45, 2.75) is 45.1 Å². The van der Waals surface area contributed by atoms with Crippen LogP contribution < -0.4 is 5.32 Å². The zero-order chi connectivity index (χ0) is 14.1. The van der Waals surface area contributed by atoms with Gasteiger partial charge in [-0.2, -0.15) is 0 Å². The van der Waals surface area contributed by atoms with E-state index in [0.717, 1.165) is 36.3 Å². The van der Waals surface area contributed by atoms with Gasteiger partial charge in [-0.05, 0) is 67.7 Å². The minimum atomic E-state index is -0.328. The third kappa shape index (κ3) is 2.87. The van der Waals surface area contributed by atoms with E-state index in [2.05, 4.69) is 12.2 Å². The molecular formula is C17H23ClFN. The van der Waals surface area contributed by atoms with Crippen LogP contribution in [0.3, 0.4) is 0 Å². The summed E-state index contributed by atoms with van der Waals surface area (Å²) in [5.74, 6) is 2.41. The molecule has 3 rings (SSSR count). The van der Waals surface area contributed by atoms with Crippen molar-refractivity contribution in [3.8, 4) is 0 Å². The van der Waals surface area contributed by atoms with Crippen LogP contribution in [0.15, 0.2) is 18.2 Å². The van der Waals surface area contributed by atoms with Gasteiger partial charge in [0.05, 0.1) is 5.02 Å². The first kappa shape index (κ1) is 14.3. The highest BCUT2D eigenvalue weighted by molar-refractivity contribution is 6.30. The maximum absolute atomic E-state index is 13.3. The molecule has 0 saturated heterocycles. The van der Waals surface area contributed by atoms with Crippen LogP contribution in [0.1, 0.15) is 50.6 Å². The van der Waals surface area contributed by atoms with Crippen molar-refractivity contribution in [2.24, 2.45) is 17.8 Å².